The molecule has 6 nitrogen and oxygen atoms in total. The summed E-state index contributed by atoms with van der Waals surface area (Å²) in [6, 6.07) is -2.56. The normalized spacial score (nSPS) is 21.3. The van der Waals surface area contributed by atoms with Gasteiger partial charge in [0, 0.05) is 39.1 Å². The molecule has 2 aliphatic rings. The molecule has 2 amide bonds. The van der Waals surface area contributed by atoms with E-state index in [0.717, 1.165) is 25.7 Å². The summed E-state index contributed by atoms with van der Waals surface area (Å²) in [5, 5.41) is 7.99. The number of hydrogen-bond donors (Lipinski definition) is 3. The number of piperazine rings is 1. The molecule has 3 N–H and O–H groups in total. The Morgan fingerprint density at radius 3 is 2.32 bits per heavy atom. The van der Waals surface area contributed by atoms with E-state index < -0.39 is 30.7 Å². The molecule has 1 heterocycles. The Morgan fingerprint density at radius 1 is 1.14 bits per heavy atom. The van der Waals surface area contributed by atoms with Crippen LogP contribution in [0, 0.1) is 5.92 Å². The molecule has 1 saturated carbocycles. The fourth-order valence-corrected chi connectivity index (χ4v) is 3.82. The monoisotopic (exact) mass is 428 g/mol. The summed E-state index contributed by atoms with van der Waals surface area (Å²) in [7, 11) is 0. The number of rotatable bonds is 7. The van der Waals surface area contributed by atoms with Gasteiger partial charge in [0.25, 0.3) is 0 Å². The molecule has 164 valence electrons. The summed E-state index contributed by atoms with van der Waals surface area (Å²) in [4.78, 5) is 25.6. The highest BCUT2D eigenvalue weighted by Gasteiger charge is 2.44. The lowest BCUT2D eigenvalue weighted by atomic mass is 9.87. The third-order valence-electron chi connectivity index (χ3n) is 5.41. The zero-order chi connectivity index (χ0) is 19.9. The minimum atomic E-state index is -4.42. The highest BCUT2D eigenvalue weighted by molar-refractivity contribution is 5.87. The lowest BCUT2D eigenvalue weighted by molar-refractivity contribution is -0.184. The van der Waals surface area contributed by atoms with Gasteiger partial charge in [-0.2, -0.15) is 13.2 Å². The Labute approximate surface area is 170 Å². The van der Waals surface area contributed by atoms with E-state index in [4.69, 9.17) is 0 Å². The van der Waals surface area contributed by atoms with Crippen LogP contribution in [-0.4, -0.2) is 67.7 Å². The quantitative estimate of drug-likeness (QED) is 0.578. The van der Waals surface area contributed by atoms with E-state index in [1.165, 1.54) is 18.2 Å². The molecule has 0 aromatic heterocycles. The second-order valence-electron chi connectivity index (χ2n) is 7.59. The second kappa shape index (κ2) is 11.8. The standard InChI is InChI=1S/C18H31F3N4O2.ClH/c1-13(24-16(26)11-14-5-3-2-4-6-14)17(27)23-12-15(18(19,20)21)25-9-7-22-8-10-25;/h13-15,22H,2-12H2,1H3,(H,23,27)(H,24,26);1H. The summed E-state index contributed by atoms with van der Waals surface area (Å²) < 4.78 is 40.0. The molecule has 0 aromatic rings. The number of hydrogen-bond acceptors (Lipinski definition) is 4. The van der Waals surface area contributed by atoms with Gasteiger partial charge in [-0.15, -0.1) is 12.4 Å². The molecule has 28 heavy (non-hydrogen) atoms. The maximum Gasteiger partial charge on any atom is 0.405 e. The molecule has 1 aliphatic carbocycles. The zero-order valence-corrected chi connectivity index (χ0v) is 17.1. The average molecular weight is 429 g/mol. The van der Waals surface area contributed by atoms with Crippen molar-refractivity contribution >= 4 is 24.2 Å². The van der Waals surface area contributed by atoms with Crippen molar-refractivity contribution in [1.82, 2.24) is 20.9 Å². The highest BCUT2D eigenvalue weighted by atomic mass is 35.5. The molecule has 2 rings (SSSR count). The molecule has 2 atom stereocenters. The van der Waals surface area contributed by atoms with Crippen molar-refractivity contribution < 1.29 is 22.8 Å². The molecule has 0 bridgehead atoms. The molecule has 1 saturated heterocycles. The molecule has 2 fully saturated rings. The van der Waals surface area contributed by atoms with Crippen molar-refractivity contribution in [3.8, 4) is 0 Å². The molecule has 0 spiro atoms. The predicted octanol–water partition coefficient (Wildman–Crippen LogP) is 1.84. The summed E-state index contributed by atoms with van der Waals surface area (Å²) >= 11 is 0. The summed E-state index contributed by atoms with van der Waals surface area (Å²) in [5.41, 5.74) is 0. The predicted molar refractivity (Wildman–Crippen MR) is 103 cm³/mol. The van der Waals surface area contributed by atoms with E-state index in [1.807, 2.05) is 0 Å². The van der Waals surface area contributed by atoms with E-state index in [-0.39, 0.29) is 31.4 Å². The molecular formula is C18H32ClF3N4O2. The smallest absolute Gasteiger partial charge is 0.352 e. The van der Waals surface area contributed by atoms with Crippen molar-refractivity contribution in [2.24, 2.45) is 5.92 Å². The first-order valence-electron chi connectivity index (χ1n) is 9.86. The van der Waals surface area contributed by atoms with Crippen molar-refractivity contribution in [3.05, 3.63) is 0 Å². The molecule has 1 aliphatic heterocycles. The molecule has 10 heteroatoms. The first kappa shape index (κ1) is 25.0. The van der Waals surface area contributed by atoms with Gasteiger partial charge < -0.3 is 16.0 Å². The van der Waals surface area contributed by atoms with Gasteiger partial charge >= 0.3 is 6.18 Å². The van der Waals surface area contributed by atoms with Gasteiger partial charge in [-0.05, 0) is 25.7 Å². The van der Waals surface area contributed by atoms with Gasteiger partial charge in [0.05, 0.1) is 0 Å². The van der Waals surface area contributed by atoms with Crippen LogP contribution in [0.4, 0.5) is 13.2 Å². The lowest BCUT2D eigenvalue weighted by Gasteiger charge is -2.36. The lowest BCUT2D eigenvalue weighted by Crippen LogP contribution is -2.58. The highest BCUT2D eigenvalue weighted by Crippen LogP contribution is 2.26. The van der Waals surface area contributed by atoms with Gasteiger partial charge in [0.2, 0.25) is 11.8 Å². The van der Waals surface area contributed by atoms with Crippen LogP contribution in [-0.2, 0) is 9.59 Å². The van der Waals surface area contributed by atoms with Crippen LogP contribution in [0.25, 0.3) is 0 Å². The van der Waals surface area contributed by atoms with Crippen LogP contribution in [0.2, 0.25) is 0 Å². The van der Waals surface area contributed by atoms with Gasteiger partial charge in [0.15, 0.2) is 0 Å². The second-order valence-corrected chi connectivity index (χ2v) is 7.59. The Morgan fingerprint density at radius 2 is 1.75 bits per heavy atom. The number of carbonyl (C=O) groups excluding carboxylic acids is 2. The Hall–Kier alpha value is -1.06. The number of amides is 2. The summed E-state index contributed by atoms with van der Waals surface area (Å²) in [6.07, 6.45) is 1.45. The van der Waals surface area contributed by atoms with Gasteiger partial charge in [-0.25, -0.2) is 0 Å². The van der Waals surface area contributed by atoms with Gasteiger partial charge in [0.1, 0.15) is 12.1 Å². The van der Waals surface area contributed by atoms with Crippen LogP contribution in [0.1, 0.15) is 45.4 Å². The van der Waals surface area contributed by atoms with Crippen molar-refractivity contribution in [3.63, 3.8) is 0 Å². The fraction of sp³-hybridized carbons (Fsp3) is 0.889. The first-order chi connectivity index (χ1) is 12.8. The number of nitrogens with zero attached hydrogens (tertiary/aromatic N) is 1. The van der Waals surface area contributed by atoms with Crippen LogP contribution in [0.15, 0.2) is 0 Å². The van der Waals surface area contributed by atoms with Crippen LogP contribution >= 0.6 is 12.4 Å². The Bertz CT molecular complexity index is 496. The van der Waals surface area contributed by atoms with E-state index in [0.29, 0.717) is 25.4 Å². The summed E-state index contributed by atoms with van der Waals surface area (Å²) in [6.45, 7) is 2.55. The minimum Gasteiger partial charge on any atom is -0.352 e. The maximum atomic E-state index is 13.3. The van der Waals surface area contributed by atoms with Gasteiger partial charge in [-0.3, -0.25) is 14.5 Å². The van der Waals surface area contributed by atoms with Crippen LogP contribution in [0.5, 0.6) is 0 Å². The van der Waals surface area contributed by atoms with E-state index in [1.54, 1.807) is 0 Å². The molecule has 2 unspecified atom stereocenters. The first-order valence-corrected chi connectivity index (χ1v) is 9.86. The van der Waals surface area contributed by atoms with E-state index in [2.05, 4.69) is 16.0 Å². The van der Waals surface area contributed by atoms with E-state index in [9.17, 15) is 22.8 Å². The number of halogens is 4. The molecule has 0 radical (unpaired) electrons. The van der Waals surface area contributed by atoms with Crippen molar-refractivity contribution in [2.45, 2.75) is 63.7 Å². The Kier molecular flexibility index (Phi) is 10.5. The minimum absolute atomic E-state index is 0. The molecule has 0 aromatic carbocycles. The van der Waals surface area contributed by atoms with Crippen LogP contribution in [0.3, 0.4) is 0 Å². The van der Waals surface area contributed by atoms with Gasteiger partial charge in [-0.1, -0.05) is 19.3 Å². The molecular weight excluding hydrogens is 397 g/mol. The topological polar surface area (TPSA) is 73.5 Å². The number of alkyl halides is 3. The van der Waals surface area contributed by atoms with Crippen LogP contribution < -0.4 is 16.0 Å². The maximum absolute atomic E-state index is 13.3. The third kappa shape index (κ3) is 8.13. The van der Waals surface area contributed by atoms with Crippen molar-refractivity contribution in [1.29, 1.82) is 0 Å². The average Bonchev–Trinajstić information content (AvgIpc) is 2.62. The Balaban J connectivity index is 0.00000392. The van der Waals surface area contributed by atoms with E-state index >= 15 is 0 Å². The fourth-order valence-electron chi connectivity index (χ4n) is 3.82. The SMILES string of the molecule is CC(NC(=O)CC1CCCCC1)C(=O)NCC(N1CCNCC1)C(F)(F)F.Cl. The number of nitrogens with one attached hydrogen (secondary N) is 3. The van der Waals surface area contributed by atoms with Crippen molar-refractivity contribution in [2.75, 3.05) is 32.7 Å². The zero-order valence-electron chi connectivity index (χ0n) is 16.3. The third-order valence-corrected chi connectivity index (χ3v) is 5.41. The summed E-state index contributed by atoms with van der Waals surface area (Å²) in [5.74, 6) is -0.452. The number of carbonyl (C=O) groups is 2. The largest absolute Gasteiger partial charge is 0.405 e.